The highest BCUT2D eigenvalue weighted by Crippen LogP contribution is 2.29. The van der Waals surface area contributed by atoms with Crippen LogP contribution in [0.2, 0.25) is 0 Å². The number of hydrogen-bond donors (Lipinski definition) is 2. The maximum absolute atomic E-state index is 12.4. The van der Waals surface area contributed by atoms with Crippen LogP contribution < -0.4 is 24.8 Å². The van der Waals surface area contributed by atoms with E-state index in [1.807, 2.05) is 112 Å². The Hall–Kier alpha value is -4.45. The summed E-state index contributed by atoms with van der Waals surface area (Å²) in [6.45, 7) is 6.96. The lowest BCUT2D eigenvalue weighted by Crippen LogP contribution is -2.20. The van der Waals surface area contributed by atoms with E-state index in [-0.39, 0.29) is 12.5 Å². The van der Waals surface area contributed by atoms with E-state index < -0.39 is 0 Å². The zero-order valence-electron chi connectivity index (χ0n) is 21.4. The predicted octanol–water partition coefficient (Wildman–Crippen LogP) is 7.12. The Kier molecular flexibility index (Phi) is 8.66. The van der Waals surface area contributed by atoms with Crippen molar-refractivity contribution in [2.45, 2.75) is 27.3 Å². The third-order valence-electron chi connectivity index (χ3n) is 5.79. The molecule has 0 heterocycles. The van der Waals surface area contributed by atoms with E-state index in [0.717, 1.165) is 34.0 Å². The van der Waals surface area contributed by atoms with Crippen LogP contribution in [0.25, 0.3) is 0 Å². The van der Waals surface area contributed by atoms with Gasteiger partial charge in [0.2, 0.25) is 0 Å². The fourth-order valence-electron chi connectivity index (χ4n) is 3.68. The van der Waals surface area contributed by atoms with Crippen molar-refractivity contribution >= 4 is 17.3 Å². The molecule has 4 aromatic rings. The Morgan fingerprint density at radius 2 is 1.46 bits per heavy atom. The molecule has 4 aromatic carbocycles. The molecule has 0 aliphatic carbocycles. The summed E-state index contributed by atoms with van der Waals surface area (Å²) < 4.78 is 17.4. The van der Waals surface area contributed by atoms with E-state index in [1.54, 1.807) is 0 Å². The molecular formula is C31H32N2O4. The number of carbonyl (C=O) groups excluding carboxylic acids is 1. The number of anilines is 2. The van der Waals surface area contributed by atoms with Gasteiger partial charge in [-0.2, -0.15) is 0 Å². The second-order valence-electron chi connectivity index (χ2n) is 8.64. The smallest absolute Gasteiger partial charge is 0.262 e. The van der Waals surface area contributed by atoms with Crippen molar-refractivity contribution in [3.63, 3.8) is 0 Å². The molecule has 0 saturated carbocycles. The normalized spacial score (nSPS) is 10.5. The Morgan fingerprint density at radius 3 is 2.19 bits per heavy atom. The largest absolute Gasteiger partial charge is 0.490 e. The van der Waals surface area contributed by atoms with Gasteiger partial charge in [-0.25, -0.2) is 0 Å². The van der Waals surface area contributed by atoms with Gasteiger partial charge in [-0.3, -0.25) is 4.79 Å². The second kappa shape index (κ2) is 12.5. The zero-order chi connectivity index (χ0) is 26.0. The van der Waals surface area contributed by atoms with Crippen molar-refractivity contribution in [1.29, 1.82) is 0 Å². The Morgan fingerprint density at radius 1 is 0.730 bits per heavy atom. The first-order chi connectivity index (χ1) is 18.0. The number of amides is 1. The molecule has 4 rings (SSSR count). The SMILES string of the molecule is CCOc1cc(CNc2ccc(Oc3ccccc3)cc2)ccc1OCC(=O)Nc1ccc(C)c(C)c1. The standard InChI is InChI=1S/C31H32N2O4/c1-4-35-30-19-24(20-32-25-13-15-28(16-14-25)37-27-8-6-5-7-9-27)11-17-29(30)36-21-31(34)33-26-12-10-22(2)23(3)18-26/h5-19,32H,4,20-21H2,1-3H3,(H,33,34). The average Bonchev–Trinajstić information content (AvgIpc) is 2.91. The molecule has 0 aliphatic heterocycles. The van der Waals surface area contributed by atoms with Gasteiger partial charge in [0.25, 0.3) is 5.91 Å². The minimum Gasteiger partial charge on any atom is -0.490 e. The first kappa shape index (κ1) is 25.6. The van der Waals surface area contributed by atoms with Crippen molar-refractivity contribution in [3.05, 3.63) is 108 Å². The quantitative estimate of drug-likeness (QED) is 0.231. The van der Waals surface area contributed by atoms with E-state index in [0.29, 0.717) is 24.7 Å². The van der Waals surface area contributed by atoms with Crippen LogP contribution in [0.5, 0.6) is 23.0 Å². The van der Waals surface area contributed by atoms with Gasteiger partial charge in [0, 0.05) is 17.9 Å². The molecule has 2 N–H and O–H groups in total. The number of benzene rings is 4. The molecule has 6 heteroatoms. The zero-order valence-corrected chi connectivity index (χ0v) is 21.4. The highest BCUT2D eigenvalue weighted by molar-refractivity contribution is 5.92. The van der Waals surface area contributed by atoms with Crippen LogP contribution in [0.3, 0.4) is 0 Å². The van der Waals surface area contributed by atoms with E-state index in [9.17, 15) is 4.79 Å². The molecule has 1 amide bonds. The molecule has 0 fully saturated rings. The molecule has 0 bridgehead atoms. The Balaban J connectivity index is 1.32. The first-order valence-corrected chi connectivity index (χ1v) is 12.3. The number of rotatable bonds is 11. The topological polar surface area (TPSA) is 68.8 Å². The van der Waals surface area contributed by atoms with Crippen molar-refractivity contribution in [2.75, 3.05) is 23.8 Å². The van der Waals surface area contributed by atoms with Crippen molar-refractivity contribution in [3.8, 4) is 23.0 Å². The van der Waals surface area contributed by atoms with E-state index in [4.69, 9.17) is 14.2 Å². The lowest BCUT2D eigenvalue weighted by atomic mass is 10.1. The van der Waals surface area contributed by atoms with Crippen LogP contribution in [0.15, 0.2) is 91.0 Å². The fraction of sp³-hybridized carbons (Fsp3) is 0.194. The number of aryl methyl sites for hydroxylation is 2. The lowest BCUT2D eigenvalue weighted by molar-refractivity contribution is -0.118. The Bertz CT molecular complexity index is 1320. The van der Waals surface area contributed by atoms with Gasteiger partial charge >= 0.3 is 0 Å². The van der Waals surface area contributed by atoms with Crippen LogP contribution in [0.4, 0.5) is 11.4 Å². The molecule has 37 heavy (non-hydrogen) atoms. The van der Waals surface area contributed by atoms with Gasteiger partial charge in [0.1, 0.15) is 11.5 Å². The summed E-state index contributed by atoms with van der Waals surface area (Å²) in [5.41, 5.74) is 5.06. The summed E-state index contributed by atoms with van der Waals surface area (Å²) in [4.78, 5) is 12.4. The molecule has 0 saturated heterocycles. The van der Waals surface area contributed by atoms with Crippen LogP contribution in [-0.4, -0.2) is 19.1 Å². The van der Waals surface area contributed by atoms with E-state index in [1.165, 1.54) is 5.56 Å². The highest BCUT2D eigenvalue weighted by Gasteiger charge is 2.10. The number of hydrogen-bond acceptors (Lipinski definition) is 5. The highest BCUT2D eigenvalue weighted by atomic mass is 16.5. The van der Waals surface area contributed by atoms with Crippen LogP contribution in [0.1, 0.15) is 23.6 Å². The molecule has 0 spiro atoms. The second-order valence-corrected chi connectivity index (χ2v) is 8.64. The lowest BCUT2D eigenvalue weighted by Gasteiger charge is -2.14. The number of para-hydroxylation sites is 1. The third-order valence-corrected chi connectivity index (χ3v) is 5.79. The maximum Gasteiger partial charge on any atom is 0.262 e. The molecular weight excluding hydrogens is 464 g/mol. The van der Waals surface area contributed by atoms with E-state index >= 15 is 0 Å². The molecule has 0 radical (unpaired) electrons. The summed E-state index contributed by atoms with van der Waals surface area (Å²) in [5, 5.41) is 6.29. The first-order valence-electron chi connectivity index (χ1n) is 12.3. The van der Waals surface area contributed by atoms with Crippen molar-refractivity contribution in [1.82, 2.24) is 0 Å². The van der Waals surface area contributed by atoms with Gasteiger partial charge in [0.15, 0.2) is 18.1 Å². The Labute approximate surface area is 218 Å². The summed E-state index contributed by atoms with van der Waals surface area (Å²) in [6, 6.07) is 29.1. The summed E-state index contributed by atoms with van der Waals surface area (Å²) in [7, 11) is 0. The predicted molar refractivity (Wildman–Crippen MR) is 148 cm³/mol. The van der Waals surface area contributed by atoms with Crippen molar-refractivity contribution < 1.29 is 19.0 Å². The maximum atomic E-state index is 12.4. The monoisotopic (exact) mass is 496 g/mol. The average molecular weight is 497 g/mol. The van der Waals surface area contributed by atoms with Gasteiger partial charge in [-0.15, -0.1) is 0 Å². The number of ether oxygens (including phenoxy) is 3. The van der Waals surface area contributed by atoms with Crippen molar-refractivity contribution in [2.24, 2.45) is 0 Å². The van der Waals surface area contributed by atoms with Crippen LogP contribution in [0, 0.1) is 13.8 Å². The fourth-order valence-corrected chi connectivity index (χ4v) is 3.68. The number of carbonyl (C=O) groups is 1. The van der Waals surface area contributed by atoms with Gasteiger partial charge in [-0.05, 0) is 98.1 Å². The summed E-state index contributed by atoms with van der Waals surface area (Å²) >= 11 is 0. The van der Waals surface area contributed by atoms with Gasteiger partial charge in [-0.1, -0.05) is 30.3 Å². The summed E-state index contributed by atoms with van der Waals surface area (Å²) in [5.74, 6) is 2.49. The minimum atomic E-state index is -0.226. The molecule has 0 atom stereocenters. The number of nitrogens with one attached hydrogen (secondary N) is 2. The third kappa shape index (κ3) is 7.51. The van der Waals surface area contributed by atoms with Gasteiger partial charge in [0.05, 0.1) is 6.61 Å². The van der Waals surface area contributed by atoms with Gasteiger partial charge < -0.3 is 24.8 Å². The van der Waals surface area contributed by atoms with Crippen LogP contribution in [-0.2, 0) is 11.3 Å². The summed E-state index contributed by atoms with van der Waals surface area (Å²) in [6.07, 6.45) is 0. The van der Waals surface area contributed by atoms with E-state index in [2.05, 4.69) is 10.6 Å². The molecule has 0 unspecified atom stereocenters. The van der Waals surface area contributed by atoms with Crippen LogP contribution >= 0.6 is 0 Å². The molecule has 0 aliphatic rings. The molecule has 6 nitrogen and oxygen atoms in total. The molecule has 190 valence electrons. The molecule has 0 aromatic heterocycles. The minimum absolute atomic E-state index is 0.109.